The predicted octanol–water partition coefficient (Wildman–Crippen LogP) is 3.35. The Balaban J connectivity index is 2.60. The monoisotopic (exact) mass is 238 g/mol. The second-order valence-electron chi connectivity index (χ2n) is 3.79. The maximum absolute atomic E-state index is 5.52. The van der Waals surface area contributed by atoms with Crippen molar-refractivity contribution in [3.8, 4) is 35.0 Å². The number of methoxy groups -OCH3 is 2. The molecule has 2 aromatic rings. The summed E-state index contributed by atoms with van der Waals surface area (Å²) in [4.78, 5) is 0. The third kappa shape index (κ3) is 2.31. The van der Waals surface area contributed by atoms with Crippen molar-refractivity contribution in [2.45, 2.75) is 0 Å². The third-order valence-electron chi connectivity index (χ3n) is 2.75. The first-order chi connectivity index (χ1) is 8.78. The van der Waals surface area contributed by atoms with Crippen LogP contribution < -0.4 is 9.47 Å². The van der Waals surface area contributed by atoms with Crippen molar-refractivity contribution in [1.82, 2.24) is 0 Å². The Labute approximate surface area is 107 Å². The van der Waals surface area contributed by atoms with E-state index in [1.807, 2.05) is 42.5 Å². The molecule has 0 radical (unpaired) electrons. The lowest BCUT2D eigenvalue weighted by atomic mass is 9.99. The highest BCUT2D eigenvalue weighted by Gasteiger charge is 2.07. The van der Waals surface area contributed by atoms with Gasteiger partial charge >= 0.3 is 0 Å². The van der Waals surface area contributed by atoms with Crippen LogP contribution >= 0.6 is 0 Å². The van der Waals surface area contributed by atoms with Crippen LogP contribution in [0, 0.1) is 12.3 Å². The van der Waals surface area contributed by atoms with E-state index in [0.717, 1.165) is 28.2 Å². The van der Waals surface area contributed by atoms with E-state index in [4.69, 9.17) is 15.9 Å². The molecule has 0 saturated heterocycles. The molecule has 0 unspecified atom stereocenters. The summed E-state index contributed by atoms with van der Waals surface area (Å²) < 4.78 is 10.5. The van der Waals surface area contributed by atoms with Gasteiger partial charge in [0.05, 0.1) is 14.2 Å². The minimum Gasteiger partial charge on any atom is -0.497 e. The van der Waals surface area contributed by atoms with Crippen LogP contribution in [0.15, 0.2) is 42.5 Å². The second-order valence-corrected chi connectivity index (χ2v) is 3.79. The minimum atomic E-state index is 0.746. The van der Waals surface area contributed by atoms with E-state index < -0.39 is 0 Å². The van der Waals surface area contributed by atoms with Crippen LogP contribution in [0.1, 0.15) is 5.56 Å². The molecular weight excluding hydrogens is 224 g/mol. The van der Waals surface area contributed by atoms with Gasteiger partial charge in [-0.3, -0.25) is 0 Å². The summed E-state index contributed by atoms with van der Waals surface area (Å²) in [7, 11) is 3.26. The highest BCUT2D eigenvalue weighted by molar-refractivity contribution is 5.73. The third-order valence-corrected chi connectivity index (χ3v) is 2.75. The molecule has 0 spiro atoms. The molecule has 0 N–H and O–H groups in total. The lowest BCUT2D eigenvalue weighted by Crippen LogP contribution is -1.90. The van der Waals surface area contributed by atoms with Crippen LogP contribution in [-0.2, 0) is 0 Å². The SMILES string of the molecule is C#Cc1ccccc1-c1cc(OC)cc(OC)c1. The average molecular weight is 238 g/mol. The van der Waals surface area contributed by atoms with Crippen LogP contribution in [0.25, 0.3) is 11.1 Å². The van der Waals surface area contributed by atoms with Gasteiger partial charge in [-0.25, -0.2) is 0 Å². The second kappa shape index (κ2) is 5.29. The van der Waals surface area contributed by atoms with Gasteiger partial charge in [-0.05, 0) is 29.3 Å². The Hall–Kier alpha value is -2.40. The average Bonchev–Trinajstić information content (AvgIpc) is 2.46. The first kappa shape index (κ1) is 12.1. The number of rotatable bonds is 3. The Morgan fingerprint density at radius 2 is 1.56 bits per heavy atom. The van der Waals surface area contributed by atoms with Crippen molar-refractivity contribution in [1.29, 1.82) is 0 Å². The normalized spacial score (nSPS) is 9.61. The zero-order valence-corrected chi connectivity index (χ0v) is 10.4. The summed E-state index contributed by atoms with van der Waals surface area (Å²) >= 11 is 0. The van der Waals surface area contributed by atoms with Crippen LogP contribution in [0.2, 0.25) is 0 Å². The highest BCUT2D eigenvalue weighted by Crippen LogP contribution is 2.31. The Morgan fingerprint density at radius 1 is 0.944 bits per heavy atom. The topological polar surface area (TPSA) is 18.5 Å². The fourth-order valence-corrected chi connectivity index (χ4v) is 1.82. The molecule has 0 amide bonds. The van der Waals surface area contributed by atoms with E-state index >= 15 is 0 Å². The Kier molecular flexibility index (Phi) is 3.54. The smallest absolute Gasteiger partial charge is 0.123 e. The summed E-state index contributed by atoms with van der Waals surface area (Å²) in [6, 6.07) is 13.5. The molecule has 2 aromatic carbocycles. The van der Waals surface area contributed by atoms with Gasteiger partial charge in [-0.1, -0.05) is 24.1 Å². The van der Waals surface area contributed by atoms with Gasteiger partial charge in [0.15, 0.2) is 0 Å². The fraction of sp³-hybridized carbons (Fsp3) is 0.125. The van der Waals surface area contributed by atoms with Crippen molar-refractivity contribution in [2.75, 3.05) is 14.2 Å². The maximum atomic E-state index is 5.52. The van der Waals surface area contributed by atoms with Gasteiger partial charge in [-0.2, -0.15) is 0 Å². The molecule has 2 nitrogen and oxygen atoms in total. The van der Waals surface area contributed by atoms with E-state index in [0.29, 0.717) is 0 Å². The van der Waals surface area contributed by atoms with Gasteiger partial charge < -0.3 is 9.47 Å². The molecule has 0 heterocycles. The molecule has 0 fully saturated rings. The maximum Gasteiger partial charge on any atom is 0.123 e. The van der Waals surface area contributed by atoms with E-state index in [1.54, 1.807) is 14.2 Å². The van der Waals surface area contributed by atoms with E-state index in [9.17, 15) is 0 Å². The van der Waals surface area contributed by atoms with Crippen molar-refractivity contribution in [3.63, 3.8) is 0 Å². The largest absolute Gasteiger partial charge is 0.497 e. The number of hydrogen-bond donors (Lipinski definition) is 0. The molecule has 0 saturated carbocycles. The fourth-order valence-electron chi connectivity index (χ4n) is 1.82. The minimum absolute atomic E-state index is 0.746. The molecule has 90 valence electrons. The zero-order valence-electron chi connectivity index (χ0n) is 10.4. The first-order valence-corrected chi connectivity index (χ1v) is 5.57. The van der Waals surface area contributed by atoms with E-state index in [-0.39, 0.29) is 0 Å². The number of hydrogen-bond acceptors (Lipinski definition) is 2. The summed E-state index contributed by atoms with van der Waals surface area (Å²) in [5, 5.41) is 0. The van der Waals surface area contributed by atoms with E-state index in [2.05, 4.69) is 5.92 Å². The summed E-state index contributed by atoms with van der Waals surface area (Å²) in [5.41, 5.74) is 2.84. The molecule has 0 aromatic heterocycles. The molecule has 2 rings (SSSR count). The van der Waals surface area contributed by atoms with E-state index in [1.165, 1.54) is 0 Å². The summed E-state index contributed by atoms with van der Waals surface area (Å²) in [6.45, 7) is 0. The van der Waals surface area contributed by atoms with Crippen LogP contribution in [0.5, 0.6) is 11.5 Å². The molecule has 0 atom stereocenters. The van der Waals surface area contributed by atoms with Gasteiger partial charge in [0, 0.05) is 11.6 Å². The number of ether oxygens (including phenoxy) is 2. The van der Waals surface area contributed by atoms with Crippen LogP contribution in [-0.4, -0.2) is 14.2 Å². The quantitative estimate of drug-likeness (QED) is 0.763. The molecule has 0 bridgehead atoms. The molecule has 0 aliphatic heterocycles. The molecule has 0 aliphatic carbocycles. The Bertz CT molecular complexity index is 572. The number of terminal acetylenes is 1. The van der Waals surface area contributed by atoms with Crippen molar-refractivity contribution in [2.24, 2.45) is 0 Å². The van der Waals surface area contributed by atoms with Gasteiger partial charge in [0.2, 0.25) is 0 Å². The van der Waals surface area contributed by atoms with Gasteiger partial charge in [0.25, 0.3) is 0 Å². The summed E-state index contributed by atoms with van der Waals surface area (Å²) in [5.74, 6) is 4.18. The summed E-state index contributed by atoms with van der Waals surface area (Å²) in [6.07, 6.45) is 5.52. The van der Waals surface area contributed by atoms with Gasteiger partial charge in [0.1, 0.15) is 11.5 Å². The van der Waals surface area contributed by atoms with Crippen LogP contribution in [0.4, 0.5) is 0 Å². The molecule has 2 heteroatoms. The number of benzene rings is 2. The molecular formula is C16H14O2. The standard InChI is InChI=1S/C16H14O2/c1-4-12-7-5-6-8-16(12)13-9-14(17-2)11-15(10-13)18-3/h1,5-11H,2-3H3. The van der Waals surface area contributed by atoms with Crippen molar-refractivity contribution < 1.29 is 9.47 Å². The van der Waals surface area contributed by atoms with Gasteiger partial charge in [-0.15, -0.1) is 6.42 Å². The van der Waals surface area contributed by atoms with Crippen molar-refractivity contribution >= 4 is 0 Å². The lowest BCUT2D eigenvalue weighted by Gasteiger charge is -2.10. The molecule has 0 aliphatic rings. The lowest BCUT2D eigenvalue weighted by molar-refractivity contribution is 0.394. The first-order valence-electron chi connectivity index (χ1n) is 5.57. The Morgan fingerprint density at radius 3 is 2.11 bits per heavy atom. The molecule has 18 heavy (non-hydrogen) atoms. The van der Waals surface area contributed by atoms with Crippen LogP contribution in [0.3, 0.4) is 0 Å². The predicted molar refractivity (Wildman–Crippen MR) is 72.9 cm³/mol. The zero-order chi connectivity index (χ0) is 13.0. The van der Waals surface area contributed by atoms with Crippen molar-refractivity contribution in [3.05, 3.63) is 48.0 Å². The highest BCUT2D eigenvalue weighted by atomic mass is 16.5.